The molecule has 2 rings (SSSR count). The Balaban J connectivity index is 1.72. The van der Waals surface area contributed by atoms with Crippen LogP contribution in [0.25, 0.3) is 0 Å². The number of hydrogen-bond acceptors (Lipinski definition) is 2. The number of hydrogen-bond donors (Lipinski definition) is 1. The van der Waals surface area contributed by atoms with Crippen LogP contribution in [0, 0.1) is 5.92 Å². The predicted octanol–water partition coefficient (Wildman–Crippen LogP) is 2.42. The van der Waals surface area contributed by atoms with Crippen molar-refractivity contribution in [3.63, 3.8) is 0 Å². The molecule has 0 spiro atoms. The summed E-state index contributed by atoms with van der Waals surface area (Å²) in [6, 6.07) is 0.763. The third kappa shape index (κ3) is 3.33. The topological polar surface area (TPSA) is 15.3 Å². The van der Waals surface area contributed by atoms with Crippen LogP contribution in [0.4, 0.5) is 0 Å². The summed E-state index contributed by atoms with van der Waals surface area (Å²) in [5, 5.41) is 3.26. The van der Waals surface area contributed by atoms with E-state index in [1.54, 1.807) is 0 Å². The summed E-state index contributed by atoms with van der Waals surface area (Å²) in [6.07, 6.45) is 13.1. The molecule has 1 atom stereocenters. The molecule has 0 radical (unpaired) electrons. The second-order valence-corrected chi connectivity index (χ2v) is 5.30. The van der Waals surface area contributed by atoms with Gasteiger partial charge in [-0.3, -0.25) is 4.90 Å². The molecule has 1 aliphatic carbocycles. The normalized spacial score (nSPS) is 28.4. The zero-order chi connectivity index (χ0) is 11.2. The molecule has 2 aliphatic rings. The van der Waals surface area contributed by atoms with Gasteiger partial charge in [-0.15, -0.1) is 0 Å². The lowest BCUT2D eigenvalue weighted by Gasteiger charge is -2.37. The van der Waals surface area contributed by atoms with E-state index in [0.717, 1.165) is 12.0 Å². The lowest BCUT2D eigenvalue weighted by atomic mass is 9.91. The van der Waals surface area contributed by atoms with Crippen molar-refractivity contribution in [2.75, 3.05) is 26.7 Å². The highest BCUT2D eigenvalue weighted by Gasteiger charge is 2.23. The van der Waals surface area contributed by atoms with Crippen molar-refractivity contribution in [2.45, 2.75) is 44.6 Å². The van der Waals surface area contributed by atoms with Gasteiger partial charge < -0.3 is 5.32 Å². The molecule has 0 aromatic heterocycles. The summed E-state index contributed by atoms with van der Waals surface area (Å²) < 4.78 is 0. The molecule has 0 amide bonds. The minimum absolute atomic E-state index is 0.763. The number of nitrogens with zero attached hydrogens (tertiary/aromatic N) is 1. The summed E-state index contributed by atoms with van der Waals surface area (Å²) in [7, 11) is 2.06. The zero-order valence-electron chi connectivity index (χ0n) is 10.6. The van der Waals surface area contributed by atoms with Gasteiger partial charge in [-0.25, -0.2) is 0 Å². The molecule has 1 heterocycles. The van der Waals surface area contributed by atoms with E-state index in [0.29, 0.717) is 0 Å². The maximum atomic E-state index is 3.26. The van der Waals surface area contributed by atoms with Gasteiger partial charge in [0.05, 0.1) is 0 Å². The van der Waals surface area contributed by atoms with Gasteiger partial charge >= 0.3 is 0 Å². The predicted molar refractivity (Wildman–Crippen MR) is 69.6 cm³/mol. The first-order valence-electron chi connectivity index (χ1n) is 6.95. The molecular weight excluding hydrogens is 196 g/mol. The minimum Gasteiger partial charge on any atom is -0.320 e. The van der Waals surface area contributed by atoms with Crippen LogP contribution >= 0.6 is 0 Å². The van der Waals surface area contributed by atoms with Crippen molar-refractivity contribution < 1.29 is 0 Å². The van der Waals surface area contributed by atoms with Crippen LogP contribution in [0.2, 0.25) is 0 Å². The van der Waals surface area contributed by atoms with Crippen LogP contribution in [0.1, 0.15) is 38.5 Å². The summed E-state index contributed by atoms with van der Waals surface area (Å²) >= 11 is 0. The van der Waals surface area contributed by atoms with Gasteiger partial charge in [-0.05, 0) is 71.1 Å². The van der Waals surface area contributed by atoms with Gasteiger partial charge in [0.25, 0.3) is 0 Å². The fourth-order valence-electron chi connectivity index (χ4n) is 3.02. The van der Waals surface area contributed by atoms with Crippen LogP contribution in [-0.4, -0.2) is 37.6 Å². The largest absolute Gasteiger partial charge is 0.320 e. The Morgan fingerprint density at radius 1 is 1.25 bits per heavy atom. The van der Waals surface area contributed by atoms with Crippen molar-refractivity contribution >= 4 is 0 Å². The molecule has 0 bridgehead atoms. The molecule has 1 fully saturated rings. The molecule has 0 aromatic rings. The average Bonchev–Trinajstić information content (AvgIpc) is 2.38. The Bertz CT molecular complexity index is 217. The first kappa shape index (κ1) is 12.1. The molecule has 1 saturated heterocycles. The van der Waals surface area contributed by atoms with Crippen LogP contribution in [-0.2, 0) is 0 Å². The van der Waals surface area contributed by atoms with Gasteiger partial charge in [0, 0.05) is 6.04 Å². The van der Waals surface area contributed by atoms with E-state index in [4.69, 9.17) is 0 Å². The lowest BCUT2D eigenvalue weighted by molar-refractivity contribution is 0.142. The van der Waals surface area contributed by atoms with E-state index in [-0.39, 0.29) is 0 Å². The second-order valence-electron chi connectivity index (χ2n) is 5.30. The van der Waals surface area contributed by atoms with Crippen molar-refractivity contribution in [1.29, 1.82) is 0 Å². The highest BCUT2D eigenvalue weighted by molar-refractivity contribution is 4.99. The fourth-order valence-corrected chi connectivity index (χ4v) is 3.02. The molecule has 92 valence electrons. The Kier molecular flexibility index (Phi) is 4.86. The highest BCUT2D eigenvalue weighted by atomic mass is 15.2. The average molecular weight is 222 g/mol. The SMILES string of the molecule is CNCCC1CCN(C2C=CCCC2)CC1. The van der Waals surface area contributed by atoms with Gasteiger partial charge in [0.1, 0.15) is 0 Å². The Morgan fingerprint density at radius 2 is 2.06 bits per heavy atom. The van der Waals surface area contributed by atoms with Gasteiger partial charge in [-0.2, -0.15) is 0 Å². The van der Waals surface area contributed by atoms with Gasteiger partial charge in [0.15, 0.2) is 0 Å². The molecule has 2 nitrogen and oxygen atoms in total. The third-order valence-corrected chi connectivity index (χ3v) is 4.15. The van der Waals surface area contributed by atoms with Gasteiger partial charge in [0.2, 0.25) is 0 Å². The smallest absolute Gasteiger partial charge is 0.0278 e. The summed E-state index contributed by atoms with van der Waals surface area (Å²) in [4.78, 5) is 2.70. The van der Waals surface area contributed by atoms with Crippen LogP contribution < -0.4 is 5.32 Å². The van der Waals surface area contributed by atoms with Crippen molar-refractivity contribution in [3.8, 4) is 0 Å². The number of piperidine rings is 1. The van der Waals surface area contributed by atoms with E-state index in [2.05, 4.69) is 29.4 Å². The lowest BCUT2D eigenvalue weighted by Crippen LogP contribution is -2.41. The fraction of sp³-hybridized carbons (Fsp3) is 0.857. The number of nitrogens with one attached hydrogen (secondary N) is 1. The first-order valence-corrected chi connectivity index (χ1v) is 6.95. The maximum absolute atomic E-state index is 3.26. The molecule has 16 heavy (non-hydrogen) atoms. The quantitative estimate of drug-likeness (QED) is 0.735. The second kappa shape index (κ2) is 6.41. The Labute approximate surface area is 100 Å². The van der Waals surface area contributed by atoms with Crippen molar-refractivity contribution in [3.05, 3.63) is 12.2 Å². The molecule has 0 saturated carbocycles. The van der Waals surface area contributed by atoms with Crippen molar-refractivity contribution in [1.82, 2.24) is 10.2 Å². The van der Waals surface area contributed by atoms with E-state index in [1.165, 1.54) is 58.2 Å². The molecule has 2 heteroatoms. The monoisotopic (exact) mass is 222 g/mol. The van der Waals surface area contributed by atoms with E-state index >= 15 is 0 Å². The van der Waals surface area contributed by atoms with Crippen LogP contribution in [0.3, 0.4) is 0 Å². The third-order valence-electron chi connectivity index (χ3n) is 4.15. The number of allylic oxidation sites excluding steroid dienone is 1. The molecule has 1 unspecified atom stereocenters. The molecule has 1 aliphatic heterocycles. The maximum Gasteiger partial charge on any atom is 0.0278 e. The van der Waals surface area contributed by atoms with E-state index < -0.39 is 0 Å². The number of likely N-dealkylation sites (tertiary alicyclic amines) is 1. The summed E-state index contributed by atoms with van der Waals surface area (Å²) in [6.45, 7) is 3.83. The van der Waals surface area contributed by atoms with Crippen LogP contribution in [0.15, 0.2) is 12.2 Å². The zero-order valence-corrected chi connectivity index (χ0v) is 10.6. The molecule has 1 N–H and O–H groups in total. The summed E-state index contributed by atoms with van der Waals surface area (Å²) in [5.74, 6) is 0.969. The molecular formula is C14H26N2. The Hall–Kier alpha value is -0.340. The Morgan fingerprint density at radius 3 is 2.69 bits per heavy atom. The standard InChI is InChI=1S/C14H26N2/c1-15-10-7-13-8-11-16(12-9-13)14-5-3-2-4-6-14/h3,5,13-15H,2,4,6-12H2,1H3. The van der Waals surface area contributed by atoms with E-state index in [1.807, 2.05) is 0 Å². The van der Waals surface area contributed by atoms with Gasteiger partial charge in [-0.1, -0.05) is 12.2 Å². The summed E-state index contributed by atoms with van der Waals surface area (Å²) in [5.41, 5.74) is 0. The van der Waals surface area contributed by atoms with Crippen LogP contribution in [0.5, 0.6) is 0 Å². The number of rotatable bonds is 4. The van der Waals surface area contributed by atoms with E-state index in [9.17, 15) is 0 Å². The first-order chi connectivity index (χ1) is 7.90. The van der Waals surface area contributed by atoms with Crippen molar-refractivity contribution in [2.24, 2.45) is 5.92 Å². The minimum atomic E-state index is 0.763. The molecule has 0 aromatic carbocycles. The highest BCUT2D eigenvalue weighted by Crippen LogP contribution is 2.25.